The van der Waals surface area contributed by atoms with E-state index in [1.54, 1.807) is 12.4 Å². The first-order chi connectivity index (χ1) is 13.3. The first kappa shape index (κ1) is 17.6. The fraction of sp³-hybridized carbons (Fsp3) is 0.368. The monoisotopic (exact) mass is 365 g/mol. The van der Waals surface area contributed by atoms with Crippen LogP contribution < -0.4 is 10.2 Å². The van der Waals surface area contributed by atoms with Crippen LogP contribution in [0.2, 0.25) is 0 Å². The van der Waals surface area contributed by atoms with E-state index in [0.717, 1.165) is 32.7 Å². The summed E-state index contributed by atoms with van der Waals surface area (Å²) in [7, 11) is 0. The SMILES string of the molecule is OCCNc1nc(N2CCN(Cc3ccccc3)CC2)nc2nccnc12. The van der Waals surface area contributed by atoms with Crippen molar-refractivity contribution >= 4 is 22.9 Å². The van der Waals surface area contributed by atoms with E-state index in [4.69, 9.17) is 5.11 Å². The molecule has 0 unspecified atom stereocenters. The van der Waals surface area contributed by atoms with E-state index in [9.17, 15) is 0 Å². The van der Waals surface area contributed by atoms with Gasteiger partial charge in [0.2, 0.25) is 5.95 Å². The Labute approximate surface area is 157 Å². The third-order valence-corrected chi connectivity index (χ3v) is 4.63. The maximum absolute atomic E-state index is 9.11. The number of piperazine rings is 1. The molecule has 140 valence electrons. The molecule has 3 aromatic rings. The summed E-state index contributed by atoms with van der Waals surface area (Å²) in [6.45, 7) is 5.02. The highest BCUT2D eigenvalue weighted by Gasteiger charge is 2.21. The average molecular weight is 365 g/mol. The van der Waals surface area contributed by atoms with Crippen LogP contribution in [-0.2, 0) is 6.54 Å². The molecule has 0 bridgehead atoms. The predicted molar refractivity (Wildman–Crippen MR) is 105 cm³/mol. The number of aliphatic hydroxyl groups excluding tert-OH is 1. The Bertz CT molecular complexity index is 882. The molecule has 0 radical (unpaired) electrons. The van der Waals surface area contributed by atoms with E-state index >= 15 is 0 Å². The minimum Gasteiger partial charge on any atom is -0.395 e. The second kappa shape index (κ2) is 8.24. The van der Waals surface area contributed by atoms with Gasteiger partial charge in [-0.25, -0.2) is 9.97 Å². The standard InChI is InChI=1S/C19H23N7O/c27-13-8-22-18-16-17(21-7-6-20-16)23-19(24-18)26-11-9-25(10-12-26)14-15-4-2-1-3-5-15/h1-7,27H,8-14H2,(H,21,22,23,24). The van der Waals surface area contributed by atoms with E-state index < -0.39 is 0 Å². The molecule has 0 spiro atoms. The van der Waals surface area contributed by atoms with Crippen molar-refractivity contribution in [3.8, 4) is 0 Å². The number of benzene rings is 1. The molecular formula is C19H23N7O. The number of aromatic nitrogens is 4. The Morgan fingerprint density at radius 1 is 0.963 bits per heavy atom. The number of hydrogen-bond acceptors (Lipinski definition) is 8. The predicted octanol–water partition coefficient (Wildman–Crippen LogP) is 1.15. The van der Waals surface area contributed by atoms with Gasteiger partial charge >= 0.3 is 0 Å². The zero-order valence-corrected chi connectivity index (χ0v) is 15.1. The zero-order chi connectivity index (χ0) is 18.5. The van der Waals surface area contributed by atoms with Crippen LogP contribution in [0.5, 0.6) is 0 Å². The Kier molecular flexibility index (Phi) is 5.36. The molecule has 4 rings (SSSR count). The zero-order valence-electron chi connectivity index (χ0n) is 15.1. The second-order valence-electron chi connectivity index (χ2n) is 6.50. The summed E-state index contributed by atoms with van der Waals surface area (Å²) in [4.78, 5) is 22.5. The van der Waals surface area contributed by atoms with Gasteiger partial charge in [0.1, 0.15) is 0 Å². The molecule has 1 aliphatic rings. The lowest BCUT2D eigenvalue weighted by atomic mass is 10.2. The highest BCUT2D eigenvalue weighted by atomic mass is 16.3. The average Bonchev–Trinajstić information content (AvgIpc) is 2.73. The van der Waals surface area contributed by atoms with Gasteiger partial charge in [-0.05, 0) is 5.56 Å². The minimum absolute atomic E-state index is 0.0270. The lowest BCUT2D eigenvalue weighted by Crippen LogP contribution is -2.46. The van der Waals surface area contributed by atoms with Gasteiger partial charge in [0.15, 0.2) is 17.0 Å². The summed E-state index contributed by atoms with van der Waals surface area (Å²) in [6.07, 6.45) is 3.25. The molecule has 1 aliphatic heterocycles. The number of rotatable bonds is 6. The van der Waals surface area contributed by atoms with Crippen LogP contribution in [0.1, 0.15) is 5.56 Å². The third kappa shape index (κ3) is 4.12. The molecule has 2 aromatic heterocycles. The highest BCUT2D eigenvalue weighted by molar-refractivity contribution is 5.83. The van der Waals surface area contributed by atoms with E-state index in [0.29, 0.717) is 29.5 Å². The van der Waals surface area contributed by atoms with E-state index in [-0.39, 0.29) is 6.61 Å². The number of anilines is 2. The van der Waals surface area contributed by atoms with Crippen molar-refractivity contribution in [1.82, 2.24) is 24.8 Å². The van der Waals surface area contributed by atoms with Gasteiger partial charge < -0.3 is 15.3 Å². The molecule has 0 amide bonds. The Balaban J connectivity index is 1.48. The topological polar surface area (TPSA) is 90.3 Å². The lowest BCUT2D eigenvalue weighted by molar-refractivity contribution is 0.249. The summed E-state index contributed by atoms with van der Waals surface area (Å²) in [5.41, 5.74) is 2.52. The Morgan fingerprint density at radius 3 is 2.52 bits per heavy atom. The Hall–Kier alpha value is -2.84. The number of hydrogen-bond donors (Lipinski definition) is 2. The van der Waals surface area contributed by atoms with Gasteiger partial charge in [0, 0.05) is 51.7 Å². The number of fused-ring (bicyclic) bond motifs is 1. The molecule has 1 aromatic carbocycles. The minimum atomic E-state index is 0.0270. The van der Waals surface area contributed by atoms with Crippen molar-refractivity contribution in [2.24, 2.45) is 0 Å². The summed E-state index contributed by atoms with van der Waals surface area (Å²) in [5.74, 6) is 1.27. The Morgan fingerprint density at radius 2 is 1.74 bits per heavy atom. The van der Waals surface area contributed by atoms with E-state index in [1.165, 1.54) is 5.56 Å². The number of aliphatic hydroxyl groups is 1. The van der Waals surface area contributed by atoms with Gasteiger partial charge in [0.05, 0.1) is 6.61 Å². The summed E-state index contributed by atoms with van der Waals surface area (Å²) in [6, 6.07) is 10.5. The molecule has 0 aliphatic carbocycles. The molecular weight excluding hydrogens is 342 g/mol. The quantitative estimate of drug-likeness (QED) is 0.672. The molecule has 2 N–H and O–H groups in total. The first-order valence-electron chi connectivity index (χ1n) is 9.18. The number of nitrogens with one attached hydrogen (secondary N) is 1. The van der Waals surface area contributed by atoms with Gasteiger partial charge in [-0.1, -0.05) is 30.3 Å². The molecule has 8 nitrogen and oxygen atoms in total. The smallest absolute Gasteiger partial charge is 0.229 e. The normalized spacial score (nSPS) is 15.2. The van der Waals surface area contributed by atoms with Gasteiger partial charge in [-0.2, -0.15) is 9.97 Å². The largest absolute Gasteiger partial charge is 0.395 e. The highest BCUT2D eigenvalue weighted by Crippen LogP contribution is 2.21. The van der Waals surface area contributed by atoms with Crippen molar-refractivity contribution < 1.29 is 5.11 Å². The van der Waals surface area contributed by atoms with Crippen LogP contribution >= 0.6 is 0 Å². The molecule has 0 atom stereocenters. The summed E-state index contributed by atoms with van der Waals surface area (Å²) >= 11 is 0. The first-order valence-corrected chi connectivity index (χ1v) is 9.18. The van der Waals surface area contributed by atoms with Gasteiger partial charge in [-0.15, -0.1) is 0 Å². The molecule has 1 fully saturated rings. The number of nitrogens with zero attached hydrogens (tertiary/aromatic N) is 6. The molecule has 3 heterocycles. The van der Waals surface area contributed by atoms with E-state index in [1.807, 2.05) is 6.07 Å². The lowest BCUT2D eigenvalue weighted by Gasteiger charge is -2.34. The van der Waals surface area contributed by atoms with Crippen molar-refractivity contribution in [1.29, 1.82) is 0 Å². The van der Waals surface area contributed by atoms with Crippen molar-refractivity contribution in [3.63, 3.8) is 0 Å². The molecule has 1 saturated heterocycles. The van der Waals surface area contributed by atoms with Crippen molar-refractivity contribution in [2.75, 3.05) is 49.5 Å². The fourth-order valence-corrected chi connectivity index (χ4v) is 3.24. The molecule has 8 heteroatoms. The van der Waals surface area contributed by atoms with Crippen molar-refractivity contribution in [2.45, 2.75) is 6.54 Å². The van der Waals surface area contributed by atoms with E-state index in [2.05, 4.69) is 59.3 Å². The maximum atomic E-state index is 9.11. The third-order valence-electron chi connectivity index (χ3n) is 4.63. The second-order valence-corrected chi connectivity index (χ2v) is 6.50. The fourth-order valence-electron chi connectivity index (χ4n) is 3.24. The van der Waals surface area contributed by atoms with Crippen LogP contribution in [0.3, 0.4) is 0 Å². The molecule has 27 heavy (non-hydrogen) atoms. The van der Waals surface area contributed by atoms with Crippen molar-refractivity contribution in [3.05, 3.63) is 48.3 Å². The maximum Gasteiger partial charge on any atom is 0.229 e. The summed E-state index contributed by atoms with van der Waals surface area (Å²) in [5, 5.41) is 12.2. The van der Waals surface area contributed by atoms with Gasteiger partial charge in [0.25, 0.3) is 0 Å². The van der Waals surface area contributed by atoms with Crippen LogP contribution in [0.4, 0.5) is 11.8 Å². The van der Waals surface area contributed by atoms with Crippen LogP contribution in [0, 0.1) is 0 Å². The summed E-state index contributed by atoms with van der Waals surface area (Å²) < 4.78 is 0. The molecule has 0 saturated carbocycles. The van der Waals surface area contributed by atoms with Crippen LogP contribution in [0.15, 0.2) is 42.7 Å². The van der Waals surface area contributed by atoms with Crippen LogP contribution in [0.25, 0.3) is 11.2 Å². The van der Waals surface area contributed by atoms with Crippen LogP contribution in [-0.4, -0.2) is 69.3 Å². The van der Waals surface area contributed by atoms with Gasteiger partial charge in [-0.3, -0.25) is 4.90 Å².